The van der Waals surface area contributed by atoms with E-state index in [9.17, 15) is 8.42 Å². The predicted molar refractivity (Wildman–Crippen MR) is 60.3 cm³/mol. The van der Waals surface area contributed by atoms with Gasteiger partial charge in [0.25, 0.3) is 0 Å². The second-order valence-electron chi connectivity index (χ2n) is 2.96. The summed E-state index contributed by atoms with van der Waals surface area (Å²) in [6.07, 6.45) is 1.51. The Morgan fingerprint density at radius 2 is 2.31 bits per heavy atom. The summed E-state index contributed by atoms with van der Waals surface area (Å²) in [4.78, 5) is 3.84. The summed E-state index contributed by atoms with van der Waals surface area (Å²) in [5.41, 5.74) is 0.792. The first kappa shape index (κ1) is 12.4. The standard InChI is InChI=1S/C9H12N4O2S/c1-11-16(14,15)6-5-13-8-3-2-4-12-9(8)7-10/h2-4,11,13H,5-6H2,1H3. The van der Waals surface area contributed by atoms with Crippen molar-refractivity contribution >= 4 is 15.7 Å². The van der Waals surface area contributed by atoms with Crippen LogP contribution in [0.15, 0.2) is 18.3 Å². The van der Waals surface area contributed by atoms with E-state index in [0.717, 1.165) is 0 Å². The third-order valence-electron chi connectivity index (χ3n) is 1.91. The number of hydrogen-bond acceptors (Lipinski definition) is 5. The maximum Gasteiger partial charge on any atom is 0.213 e. The van der Waals surface area contributed by atoms with Crippen LogP contribution in [-0.2, 0) is 10.0 Å². The van der Waals surface area contributed by atoms with Crippen LogP contribution in [-0.4, -0.2) is 32.7 Å². The van der Waals surface area contributed by atoms with Crippen LogP contribution in [0.2, 0.25) is 0 Å². The first-order valence-corrected chi connectivity index (χ1v) is 6.24. The lowest BCUT2D eigenvalue weighted by Gasteiger charge is -2.07. The normalized spacial score (nSPS) is 10.8. The Balaban J connectivity index is 2.60. The Bertz CT molecular complexity index is 492. The van der Waals surface area contributed by atoms with Gasteiger partial charge in [-0.05, 0) is 19.2 Å². The maximum absolute atomic E-state index is 11.1. The zero-order chi connectivity index (χ0) is 12.0. The van der Waals surface area contributed by atoms with Gasteiger partial charge in [0, 0.05) is 12.7 Å². The number of rotatable bonds is 5. The number of aromatic nitrogens is 1. The van der Waals surface area contributed by atoms with Gasteiger partial charge < -0.3 is 5.32 Å². The molecular weight excluding hydrogens is 228 g/mol. The maximum atomic E-state index is 11.1. The molecule has 0 atom stereocenters. The van der Waals surface area contributed by atoms with Gasteiger partial charge in [0.05, 0.1) is 11.4 Å². The van der Waals surface area contributed by atoms with Crippen molar-refractivity contribution in [1.29, 1.82) is 5.26 Å². The van der Waals surface area contributed by atoms with Crippen LogP contribution in [0.25, 0.3) is 0 Å². The molecule has 0 bridgehead atoms. The van der Waals surface area contributed by atoms with Gasteiger partial charge in [-0.25, -0.2) is 18.1 Å². The summed E-state index contributed by atoms with van der Waals surface area (Å²) in [6, 6.07) is 5.27. The summed E-state index contributed by atoms with van der Waals surface area (Å²) < 4.78 is 24.4. The van der Waals surface area contributed by atoms with E-state index in [4.69, 9.17) is 5.26 Å². The van der Waals surface area contributed by atoms with E-state index in [-0.39, 0.29) is 18.0 Å². The molecule has 0 aromatic carbocycles. The fourth-order valence-corrected chi connectivity index (χ4v) is 1.63. The number of hydrogen-bond donors (Lipinski definition) is 2. The van der Waals surface area contributed by atoms with Crippen molar-refractivity contribution < 1.29 is 8.42 Å². The van der Waals surface area contributed by atoms with E-state index < -0.39 is 10.0 Å². The van der Waals surface area contributed by atoms with Crippen LogP contribution in [0.5, 0.6) is 0 Å². The Labute approximate surface area is 94.4 Å². The molecule has 0 aliphatic rings. The molecule has 0 fully saturated rings. The van der Waals surface area contributed by atoms with E-state index in [1.54, 1.807) is 12.1 Å². The number of nitriles is 1. The largest absolute Gasteiger partial charge is 0.382 e. The Morgan fingerprint density at radius 1 is 1.56 bits per heavy atom. The molecule has 0 amide bonds. The molecule has 1 aromatic rings. The number of sulfonamides is 1. The Kier molecular flexibility index (Phi) is 4.22. The molecule has 0 aliphatic heterocycles. The van der Waals surface area contributed by atoms with Crippen molar-refractivity contribution in [2.24, 2.45) is 0 Å². The van der Waals surface area contributed by atoms with Gasteiger partial charge >= 0.3 is 0 Å². The summed E-state index contributed by atoms with van der Waals surface area (Å²) >= 11 is 0. The van der Waals surface area contributed by atoms with Crippen molar-refractivity contribution in [1.82, 2.24) is 9.71 Å². The van der Waals surface area contributed by atoms with E-state index >= 15 is 0 Å². The van der Waals surface area contributed by atoms with Crippen molar-refractivity contribution in [2.75, 3.05) is 24.7 Å². The lowest BCUT2D eigenvalue weighted by Crippen LogP contribution is -2.26. The van der Waals surface area contributed by atoms with Crippen LogP contribution < -0.4 is 10.0 Å². The number of anilines is 1. The highest BCUT2D eigenvalue weighted by molar-refractivity contribution is 7.89. The van der Waals surface area contributed by atoms with Crippen molar-refractivity contribution in [3.63, 3.8) is 0 Å². The topological polar surface area (TPSA) is 94.9 Å². The second kappa shape index (κ2) is 5.44. The molecule has 0 saturated carbocycles. The molecule has 86 valence electrons. The Morgan fingerprint density at radius 3 is 2.94 bits per heavy atom. The van der Waals surface area contributed by atoms with Crippen LogP contribution >= 0.6 is 0 Å². The Hall–Kier alpha value is -1.65. The molecule has 0 saturated heterocycles. The molecule has 1 heterocycles. The highest BCUT2D eigenvalue weighted by Crippen LogP contribution is 2.09. The second-order valence-corrected chi connectivity index (χ2v) is 5.01. The van der Waals surface area contributed by atoms with Crippen molar-refractivity contribution in [2.45, 2.75) is 0 Å². The monoisotopic (exact) mass is 240 g/mol. The summed E-state index contributed by atoms with van der Waals surface area (Å²) in [7, 11) is -1.86. The molecule has 0 radical (unpaired) electrons. The van der Waals surface area contributed by atoms with Gasteiger partial charge in [0.15, 0.2) is 5.69 Å². The van der Waals surface area contributed by atoms with Gasteiger partial charge in [-0.1, -0.05) is 0 Å². The minimum Gasteiger partial charge on any atom is -0.382 e. The first-order chi connectivity index (χ1) is 7.59. The van der Waals surface area contributed by atoms with Gasteiger partial charge in [-0.2, -0.15) is 5.26 Å². The first-order valence-electron chi connectivity index (χ1n) is 4.59. The smallest absolute Gasteiger partial charge is 0.213 e. The zero-order valence-corrected chi connectivity index (χ0v) is 9.58. The van der Waals surface area contributed by atoms with Crippen LogP contribution in [0.4, 0.5) is 5.69 Å². The summed E-state index contributed by atoms with van der Waals surface area (Å²) in [5, 5.41) is 11.6. The molecule has 0 spiro atoms. The highest BCUT2D eigenvalue weighted by Gasteiger charge is 2.07. The molecule has 2 N–H and O–H groups in total. The molecular formula is C9H12N4O2S. The van der Waals surface area contributed by atoms with Crippen LogP contribution in [0.1, 0.15) is 5.69 Å². The van der Waals surface area contributed by atoms with E-state index in [1.807, 2.05) is 6.07 Å². The predicted octanol–water partition coefficient (Wildman–Crippen LogP) is -0.0856. The van der Waals surface area contributed by atoms with Crippen molar-refractivity contribution in [3.05, 3.63) is 24.0 Å². The van der Waals surface area contributed by atoms with Gasteiger partial charge in [-0.3, -0.25) is 0 Å². The fraction of sp³-hybridized carbons (Fsp3) is 0.333. The van der Waals surface area contributed by atoms with E-state index in [2.05, 4.69) is 15.0 Å². The molecule has 6 nitrogen and oxygen atoms in total. The molecule has 0 aliphatic carbocycles. The zero-order valence-electron chi connectivity index (χ0n) is 8.77. The summed E-state index contributed by atoms with van der Waals surface area (Å²) in [6.45, 7) is 0.226. The number of nitrogens with zero attached hydrogens (tertiary/aromatic N) is 2. The van der Waals surface area contributed by atoms with Crippen molar-refractivity contribution in [3.8, 4) is 6.07 Å². The van der Waals surface area contributed by atoms with E-state index in [0.29, 0.717) is 5.69 Å². The number of nitrogens with one attached hydrogen (secondary N) is 2. The SMILES string of the molecule is CNS(=O)(=O)CCNc1cccnc1C#N. The van der Waals surface area contributed by atoms with Gasteiger partial charge in [0.1, 0.15) is 6.07 Å². The van der Waals surface area contributed by atoms with Gasteiger partial charge in [0.2, 0.25) is 10.0 Å². The minimum atomic E-state index is -3.23. The highest BCUT2D eigenvalue weighted by atomic mass is 32.2. The molecule has 1 aromatic heterocycles. The molecule has 7 heteroatoms. The lowest BCUT2D eigenvalue weighted by atomic mass is 10.3. The quantitative estimate of drug-likeness (QED) is 0.750. The summed E-state index contributed by atoms with van der Waals surface area (Å²) in [5.74, 6) is -0.0523. The average molecular weight is 240 g/mol. The van der Waals surface area contributed by atoms with Crippen LogP contribution in [0.3, 0.4) is 0 Å². The average Bonchev–Trinajstić information content (AvgIpc) is 2.29. The number of pyridine rings is 1. The third kappa shape index (κ3) is 3.49. The fourth-order valence-electron chi connectivity index (χ4n) is 1.06. The van der Waals surface area contributed by atoms with Gasteiger partial charge in [-0.15, -0.1) is 0 Å². The van der Waals surface area contributed by atoms with E-state index in [1.165, 1.54) is 13.2 Å². The third-order valence-corrected chi connectivity index (χ3v) is 3.27. The molecule has 1 rings (SSSR count). The minimum absolute atomic E-state index is 0.0523. The van der Waals surface area contributed by atoms with Crippen LogP contribution in [0, 0.1) is 11.3 Å². The molecule has 0 unspecified atom stereocenters. The lowest BCUT2D eigenvalue weighted by molar-refractivity contribution is 0.588. The molecule has 16 heavy (non-hydrogen) atoms.